The Morgan fingerprint density at radius 2 is 1.78 bits per heavy atom. The van der Waals surface area contributed by atoms with Crippen molar-refractivity contribution in [2.75, 3.05) is 13.7 Å². The molecule has 2 aromatic carbocycles. The number of hydrazine groups is 1. The summed E-state index contributed by atoms with van der Waals surface area (Å²) in [6.07, 6.45) is 0.876. The highest BCUT2D eigenvalue weighted by Crippen LogP contribution is 2.22. The zero-order chi connectivity index (χ0) is 19.6. The number of aryl methyl sites for hydroxylation is 1. The Morgan fingerprint density at radius 1 is 1.04 bits per heavy atom. The van der Waals surface area contributed by atoms with Crippen LogP contribution in [0.3, 0.4) is 0 Å². The minimum absolute atomic E-state index is 0.114. The number of carbonyl (C=O) groups is 2. The lowest BCUT2D eigenvalue weighted by Gasteiger charge is -2.11. The smallest absolute Gasteiger partial charge is 0.242 e. The van der Waals surface area contributed by atoms with Gasteiger partial charge in [-0.1, -0.05) is 29.8 Å². The van der Waals surface area contributed by atoms with Crippen molar-refractivity contribution < 1.29 is 19.1 Å². The van der Waals surface area contributed by atoms with Crippen LogP contribution in [0.5, 0.6) is 11.5 Å². The van der Waals surface area contributed by atoms with Crippen LogP contribution in [0.2, 0.25) is 5.02 Å². The van der Waals surface area contributed by atoms with E-state index in [0.29, 0.717) is 23.8 Å². The highest BCUT2D eigenvalue weighted by Gasteiger charge is 2.09. The summed E-state index contributed by atoms with van der Waals surface area (Å²) in [5.41, 5.74) is 6.50. The van der Waals surface area contributed by atoms with Crippen molar-refractivity contribution in [3.05, 3.63) is 58.6 Å². The molecule has 2 amide bonds. The van der Waals surface area contributed by atoms with Crippen LogP contribution in [-0.4, -0.2) is 25.5 Å². The number of amides is 2. The van der Waals surface area contributed by atoms with E-state index in [1.165, 1.54) is 0 Å². The van der Waals surface area contributed by atoms with E-state index in [4.69, 9.17) is 21.1 Å². The van der Waals surface area contributed by atoms with Crippen LogP contribution in [-0.2, 0) is 16.0 Å². The largest absolute Gasteiger partial charge is 0.496 e. The fraction of sp³-hybridized carbons (Fsp3) is 0.300. The van der Waals surface area contributed by atoms with E-state index < -0.39 is 0 Å². The molecule has 0 heterocycles. The minimum atomic E-state index is -0.319. The van der Waals surface area contributed by atoms with Gasteiger partial charge in [-0.3, -0.25) is 20.4 Å². The van der Waals surface area contributed by atoms with Gasteiger partial charge < -0.3 is 9.47 Å². The molecule has 0 bridgehead atoms. The first-order valence-corrected chi connectivity index (χ1v) is 8.96. The number of para-hydroxylation sites is 1. The SMILES string of the molecule is COc1ccccc1CC(=O)NNC(=O)CCCOc1ccc(Cl)cc1C. The van der Waals surface area contributed by atoms with E-state index in [-0.39, 0.29) is 24.7 Å². The fourth-order valence-electron chi connectivity index (χ4n) is 2.46. The standard InChI is InChI=1S/C20H23ClN2O4/c1-14-12-16(21)9-10-17(14)27-11-5-8-19(24)22-23-20(25)13-15-6-3-4-7-18(15)26-2/h3-4,6-7,9-10,12H,5,8,11,13H2,1-2H3,(H,22,24)(H,23,25). The number of nitrogens with one attached hydrogen (secondary N) is 2. The Hall–Kier alpha value is -2.73. The molecule has 27 heavy (non-hydrogen) atoms. The van der Waals surface area contributed by atoms with Crippen LogP contribution < -0.4 is 20.3 Å². The van der Waals surface area contributed by atoms with Gasteiger partial charge in [-0.25, -0.2) is 0 Å². The summed E-state index contributed by atoms with van der Waals surface area (Å²) in [5.74, 6) is 0.777. The lowest BCUT2D eigenvalue weighted by atomic mass is 10.1. The van der Waals surface area contributed by atoms with Crippen molar-refractivity contribution in [3.8, 4) is 11.5 Å². The molecule has 0 spiro atoms. The average molecular weight is 391 g/mol. The van der Waals surface area contributed by atoms with Gasteiger partial charge in [0.1, 0.15) is 11.5 Å². The van der Waals surface area contributed by atoms with E-state index in [9.17, 15) is 9.59 Å². The third-order valence-electron chi connectivity index (χ3n) is 3.83. The second-order valence-corrected chi connectivity index (χ2v) is 6.38. The molecular formula is C20H23ClN2O4. The second kappa shape index (κ2) is 10.4. The summed E-state index contributed by atoms with van der Waals surface area (Å²) in [7, 11) is 1.55. The molecule has 0 atom stereocenters. The second-order valence-electron chi connectivity index (χ2n) is 5.95. The molecule has 0 fully saturated rings. The molecule has 0 aromatic heterocycles. The van der Waals surface area contributed by atoms with Gasteiger partial charge in [-0.15, -0.1) is 0 Å². The van der Waals surface area contributed by atoms with Crippen molar-refractivity contribution in [3.63, 3.8) is 0 Å². The number of ether oxygens (including phenoxy) is 2. The van der Waals surface area contributed by atoms with Crippen LogP contribution in [0.1, 0.15) is 24.0 Å². The monoisotopic (exact) mass is 390 g/mol. The lowest BCUT2D eigenvalue weighted by molar-refractivity contribution is -0.128. The first-order chi connectivity index (χ1) is 13.0. The Balaban J connectivity index is 1.66. The van der Waals surface area contributed by atoms with Gasteiger partial charge in [0.15, 0.2) is 0 Å². The Labute approximate surface area is 163 Å². The molecule has 0 radical (unpaired) electrons. The number of hydrogen-bond acceptors (Lipinski definition) is 4. The molecule has 2 aromatic rings. The van der Waals surface area contributed by atoms with Crippen LogP contribution in [0.25, 0.3) is 0 Å². The highest BCUT2D eigenvalue weighted by atomic mass is 35.5. The van der Waals surface area contributed by atoms with Crippen molar-refractivity contribution in [1.29, 1.82) is 0 Å². The molecule has 6 nitrogen and oxygen atoms in total. The van der Waals surface area contributed by atoms with E-state index in [0.717, 1.165) is 16.9 Å². The Kier molecular flexibility index (Phi) is 7.95. The number of carbonyl (C=O) groups excluding carboxylic acids is 2. The quantitative estimate of drug-likeness (QED) is 0.536. The molecule has 2 rings (SSSR count). The summed E-state index contributed by atoms with van der Waals surface area (Å²) in [4.78, 5) is 23.8. The molecular weight excluding hydrogens is 368 g/mol. The van der Waals surface area contributed by atoms with E-state index in [1.54, 1.807) is 31.4 Å². The third kappa shape index (κ3) is 6.83. The summed E-state index contributed by atoms with van der Waals surface area (Å²) >= 11 is 5.90. The van der Waals surface area contributed by atoms with Crippen LogP contribution in [0, 0.1) is 6.92 Å². The van der Waals surface area contributed by atoms with Gasteiger partial charge in [0.05, 0.1) is 20.1 Å². The molecule has 0 saturated heterocycles. The first-order valence-electron chi connectivity index (χ1n) is 8.58. The van der Waals surface area contributed by atoms with Crippen LogP contribution in [0.4, 0.5) is 0 Å². The highest BCUT2D eigenvalue weighted by molar-refractivity contribution is 6.30. The third-order valence-corrected chi connectivity index (χ3v) is 4.06. The molecule has 0 aliphatic carbocycles. The van der Waals surface area contributed by atoms with Crippen molar-refractivity contribution >= 4 is 23.4 Å². The van der Waals surface area contributed by atoms with Crippen molar-refractivity contribution in [2.45, 2.75) is 26.2 Å². The number of hydrogen-bond donors (Lipinski definition) is 2. The molecule has 144 valence electrons. The lowest BCUT2D eigenvalue weighted by Crippen LogP contribution is -2.42. The van der Waals surface area contributed by atoms with Gasteiger partial charge >= 0.3 is 0 Å². The topological polar surface area (TPSA) is 76.7 Å². The fourth-order valence-corrected chi connectivity index (χ4v) is 2.68. The van der Waals surface area contributed by atoms with Crippen LogP contribution in [0.15, 0.2) is 42.5 Å². The molecule has 0 aliphatic heterocycles. The molecule has 7 heteroatoms. The summed E-state index contributed by atoms with van der Waals surface area (Å²) in [6, 6.07) is 12.6. The van der Waals surface area contributed by atoms with Crippen LogP contribution >= 0.6 is 11.6 Å². The van der Waals surface area contributed by atoms with Gasteiger partial charge in [-0.05, 0) is 43.2 Å². The Bertz CT molecular complexity index is 795. The average Bonchev–Trinajstić information content (AvgIpc) is 2.65. The number of benzene rings is 2. The van der Waals surface area contributed by atoms with Gasteiger partial charge in [0.2, 0.25) is 11.8 Å². The zero-order valence-corrected chi connectivity index (χ0v) is 16.1. The van der Waals surface area contributed by atoms with E-state index in [1.807, 2.05) is 25.1 Å². The van der Waals surface area contributed by atoms with Gasteiger partial charge in [0.25, 0.3) is 0 Å². The van der Waals surface area contributed by atoms with E-state index >= 15 is 0 Å². The van der Waals surface area contributed by atoms with Gasteiger partial charge in [-0.2, -0.15) is 0 Å². The predicted octanol–water partition coefficient (Wildman–Crippen LogP) is 3.21. The molecule has 0 unspecified atom stereocenters. The van der Waals surface area contributed by atoms with Gasteiger partial charge in [0, 0.05) is 17.0 Å². The Morgan fingerprint density at radius 3 is 2.52 bits per heavy atom. The summed E-state index contributed by atoms with van der Waals surface area (Å²) < 4.78 is 10.8. The minimum Gasteiger partial charge on any atom is -0.496 e. The predicted molar refractivity (Wildman–Crippen MR) is 104 cm³/mol. The summed E-state index contributed by atoms with van der Waals surface area (Å²) in [6.45, 7) is 2.30. The molecule has 0 aliphatic rings. The summed E-state index contributed by atoms with van der Waals surface area (Å²) in [5, 5.41) is 0.656. The maximum Gasteiger partial charge on any atom is 0.242 e. The van der Waals surface area contributed by atoms with E-state index in [2.05, 4.69) is 10.9 Å². The molecule has 0 saturated carbocycles. The van der Waals surface area contributed by atoms with Crippen molar-refractivity contribution in [2.24, 2.45) is 0 Å². The zero-order valence-electron chi connectivity index (χ0n) is 15.4. The molecule has 2 N–H and O–H groups in total. The number of rotatable bonds is 8. The number of halogens is 1. The maximum atomic E-state index is 11.9. The number of methoxy groups -OCH3 is 1. The first kappa shape index (κ1) is 20.6. The normalized spacial score (nSPS) is 10.2. The maximum absolute atomic E-state index is 11.9. The van der Waals surface area contributed by atoms with Crippen molar-refractivity contribution in [1.82, 2.24) is 10.9 Å².